The summed E-state index contributed by atoms with van der Waals surface area (Å²) in [6.07, 6.45) is 3.40. The Labute approximate surface area is 129 Å². The lowest BCUT2D eigenvalue weighted by molar-refractivity contribution is 0.612. The van der Waals surface area contributed by atoms with Crippen LogP contribution in [0.25, 0.3) is 0 Å². The third-order valence-electron chi connectivity index (χ3n) is 3.34. The van der Waals surface area contributed by atoms with Gasteiger partial charge in [-0.25, -0.2) is 4.39 Å². The van der Waals surface area contributed by atoms with E-state index in [1.165, 1.54) is 24.5 Å². The SMILES string of the molecule is CCCCc1ccc(C(Cl)c2c(F)cccc2Cl)cc1. The van der Waals surface area contributed by atoms with Crippen LogP contribution in [0.4, 0.5) is 4.39 Å². The summed E-state index contributed by atoms with van der Waals surface area (Å²) in [5, 5.41) is -0.205. The molecule has 1 atom stereocenters. The average molecular weight is 311 g/mol. The summed E-state index contributed by atoms with van der Waals surface area (Å²) >= 11 is 12.4. The second-order valence-corrected chi connectivity index (χ2v) is 5.69. The molecule has 1 unspecified atom stereocenters. The van der Waals surface area contributed by atoms with Gasteiger partial charge in [0.25, 0.3) is 0 Å². The molecule has 0 aliphatic rings. The molecule has 0 radical (unpaired) electrons. The van der Waals surface area contributed by atoms with Gasteiger partial charge in [-0.15, -0.1) is 11.6 Å². The summed E-state index contributed by atoms with van der Waals surface area (Å²) < 4.78 is 13.9. The number of hydrogen-bond acceptors (Lipinski definition) is 0. The smallest absolute Gasteiger partial charge is 0.129 e. The summed E-state index contributed by atoms with van der Waals surface area (Å²) in [7, 11) is 0. The largest absolute Gasteiger partial charge is 0.207 e. The molecule has 2 aromatic rings. The van der Waals surface area contributed by atoms with Gasteiger partial charge >= 0.3 is 0 Å². The van der Waals surface area contributed by atoms with Gasteiger partial charge in [-0.1, -0.05) is 55.3 Å². The fourth-order valence-electron chi connectivity index (χ4n) is 2.15. The van der Waals surface area contributed by atoms with E-state index in [0.29, 0.717) is 10.6 Å². The lowest BCUT2D eigenvalue weighted by atomic mass is 10.0. The van der Waals surface area contributed by atoms with Crippen molar-refractivity contribution in [1.82, 2.24) is 0 Å². The minimum Gasteiger partial charge on any atom is -0.207 e. The zero-order valence-corrected chi connectivity index (χ0v) is 12.9. The molecule has 0 fully saturated rings. The van der Waals surface area contributed by atoms with Gasteiger partial charge in [0.1, 0.15) is 5.82 Å². The summed E-state index contributed by atoms with van der Waals surface area (Å²) in [4.78, 5) is 0. The zero-order chi connectivity index (χ0) is 14.5. The maximum absolute atomic E-state index is 13.9. The first-order valence-corrected chi connectivity index (χ1v) is 7.61. The number of rotatable bonds is 5. The molecule has 0 aliphatic carbocycles. The molecule has 0 spiro atoms. The van der Waals surface area contributed by atoms with Crippen molar-refractivity contribution in [2.45, 2.75) is 31.6 Å². The predicted molar refractivity (Wildman–Crippen MR) is 84.2 cm³/mol. The number of aryl methyl sites for hydroxylation is 1. The topological polar surface area (TPSA) is 0 Å². The Morgan fingerprint density at radius 3 is 2.40 bits per heavy atom. The molecule has 0 aromatic heterocycles. The van der Waals surface area contributed by atoms with E-state index in [1.807, 2.05) is 12.1 Å². The molecule has 3 heteroatoms. The van der Waals surface area contributed by atoms with Crippen molar-refractivity contribution in [1.29, 1.82) is 0 Å². The maximum Gasteiger partial charge on any atom is 0.129 e. The fourth-order valence-corrected chi connectivity index (χ4v) is 2.85. The van der Waals surface area contributed by atoms with E-state index in [-0.39, 0.29) is 5.82 Å². The summed E-state index contributed by atoms with van der Waals surface area (Å²) in [6.45, 7) is 2.17. The van der Waals surface area contributed by atoms with Gasteiger partial charge in [0, 0.05) is 10.6 Å². The first-order chi connectivity index (χ1) is 9.63. The van der Waals surface area contributed by atoms with Crippen LogP contribution in [0.5, 0.6) is 0 Å². The second-order valence-electron chi connectivity index (χ2n) is 4.84. The second kappa shape index (κ2) is 7.10. The van der Waals surface area contributed by atoms with Crippen LogP contribution in [0.2, 0.25) is 5.02 Å². The fraction of sp³-hybridized carbons (Fsp3) is 0.294. The van der Waals surface area contributed by atoms with Crippen molar-refractivity contribution in [3.63, 3.8) is 0 Å². The predicted octanol–water partition coefficient (Wildman–Crippen LogP) is 6.15. The Hall–Kier alpha value is -1.05. The molecule has 0 saturated carbocycles. The Morgan fingerprint density at radius 2 is 1.80 bits per heavy atom. The Balaban J connectivity index is 2.23. The van der Waals surface area contributed by atoms with E-state index in [9.17, 15) is 4.39 Å². The molecule has 20 heavy (non-hydrogen) atoms. The van der Waals surface area contributed by atoms with Crippen molar-refractivity contribution < 1.29 is 4.39 Å². The monoisotopic (exact) mass is 310 g/mol. The molecule has 2 aromatic carbocycles. The van der Waals surface area contributed by atoms with Crippen molar-refractivity contribution >= 4 is 23.2 Å². The highest BCUT2D eigenvalue weighted by atomic mass is 35.5. The quantitative estimate of drug-likeness (QED) is 0.581. The molecular weight excluding hydrogens is 294 g/mol. The van der Waals surface area contributed by atoms with Crippen LogP contribution < -0.4 is 0 Å². The zero-order valence-electron chi connectivity index (χ0n) is 11.4. The lowest BCUT2D eigenvalue weighted by Crippen LogP contribution is -1.98. The number of halogens is 3. The first-order valence-electron chi connectivity index (χ1n) is 6.80. The Kier molecular flexibility index (Phi) is 5.45. The molecule has 0 aliphatic heterocycles. The minimum absolute atomic E-state index is 0.345. The summed E-state index contributed by atoms with van der Waals surface area (Å²) in [6, 6.07) is 12.6. The summed E-state index contributed by atoms with van der Waals surface area (Å²) in [5.74, 6) is -0.368. The molecule has 0 nitrogen and oxygen atoms in total. The molecule has 2 rings (SSSR count). The normalized spacial score (nSPS) is 12.4. The van der Waals surface area contributed by atoms with Crippen molar-refractivity contribution in [2.75, 3.05) is 0 Å². The average Bonchev–Trinajstić information content (AvgIpc) is 2.45. The van der Waals surface area contributed by atoms with Crippen molar-refractivity contribution in [2.24, 2.45) is 0 Å². The minimum atomic E-state index is -0.566. The van der Waals surface area contributed by atoms with Crippen molar-refractivity contribution in [3.05, 3.63) is 70.0 Å². The summed E-state index contributed by atoms with van der Waals surface area (Å²) in [5.41, 5.74) is 2.48. The van der Waals surface area contributed by atoms with E-state index in [1.54, 1.807) is 12.1 Å². The Bertz CT molecular complexity index is 543. The molecule has 0 N–H and O–H groups in total. The van der Waals surface area contributed by atoms with Crippen molar-refractivity contribution in [3.8, 4) is 0 Å². The van der Waals surface area contributed by atoms with Gasteiger partial charge in [0.15, 0.2) is 0 Å². The van der Waals surface area contributed by atoms with Gasteiger partial charge in [-0.3, -0.25) is 0 Å². The van der Waals surface area contributed by atoms with Crippen LogP contribution in [0, 0.1) is 5.82 Å². The molecule has 106 valence electrons. The van der Waals surface area contributed by atoms with Gasteiger partial charge in [0.05, 0.1) is 5.38 Å². The van der Waals surface area contributed by atoms with E-state index in [2.05, 4.69) is 19.1 Å². The van der Waals surface area contributed by atoms with Crippen LogP contribution in [0.3, 0.4) is 0 Å². The van der Waals surface area contributed by atoms with E-state index < -0.39 is 5.38 Å². The van der Waals surface area contributed by atoms with Crippen LogP contribution in [0.1, 0.15) is 41.8 Å². The van der Waals surface area contributed by atoms with Crippen LogP contribution in [-0.2, 0) is 6.42 Å². The van der Waals surface area contributed by atoms with Crippen LogP contribution in [-0.4, -0.2) is 0 Å². The number of alkyl halides is 1. The molecular formula is C17H17Cl2F. The van der Waals surface area contributed by atoms with Gasteiger partial charge in [-0.05, 0) is 36.1 Å². The molecule has 0 saturated heterocycles. The highest BCUT2D eigenvalue weighted by molar-refractivity contribution is 6.33. The van der Waals surface area contributed by atoms with Crippen LogP contribution >= 0.6 is 23.2 Å². The van der Waals surface area contributed by atoms with Gasteiger partial charge in [0.2, 0.25) is 0 Å². The number of benzene rings is 2. The lowest BCUT2D eigenvalue weighted by Gasteiger charge is -2.13. The van der Waals surface area contributed by atoms with Crippen LogP contribution in [0.15, 0.2) is 42.5 Å². The maximum atomic E-state index is 13.9. The number of unbranched alkanes of at least 4 members (excludes halogenated alkanes) is 1. The standard InChI is InChI=1S/C17H17Cl2F/c1-2-3-5-12-8-10-13(11-9-12)17(19)16-14(18)6-4-7-15(16)20/h4,6-11,17H,2-3,5H2,1H3. The highest BCUT2D eigenvalue weighted by Gasteiger charge is 2.18. The third-order valence-corrected chi connectivity index (χ3v) is 4.14. The highest BCUT2D eigenvalue weighted by Crippen LogP contribution is 2.35. The van der Waals surface area contributed by atoms with Gasteiger partial charge < -0.3 is 0 Å². The molecule has 0 amide bonds. The van der Waals surface area contributed by atoms with E-state index in [4.69, 9.17) is 23.2 Å². The molecule has 0 bridgehead atoms. The first kappa shape index (κ1) is 15.3. The number of hydrogen-bond donors (Lipinski definition) is 0. The van der Waals surface area contributed by atoms with Gasteiger partial charge in [-0.2, -0.15) is 0 Å². The van der Waals surface area contributed by atoms with E-state index in [0.717, 1.165) is 12.0 Å². The Morgan fingerprint density at radius 1 is 1.10 bits per heavy atom. The molecule has 0 heterocycles. The van der Waals surface area contributed by atoms with E-state index >= 15 is 0 Å². The third kappa shape index (κ3) is 3.53.